The molecule has 0 atom stereocenters. The predicted molar refractivity (Wildman–Crippen MR) is 87.0 cm³/mol. The van der Waals surface area contributed by atoms with Crippen LogP contribution >= 0.6 is 12.2 Å². The van der Waals surface area contributed by atoms with Crippen LogP contribution in [0.5, 0.6) is 0 Å². The number of aryl methyl sites for hydroxylation is 2. The summed E-state index contributed by atoms with van der Waals surface area (Å²) >= 11 is 5.05. The topological polar surface area (TPSA) is 67.4 Å². The minimum atomic E-state index is 0.509. The van der Waals surface area contributed by atoms with Gasteiger partial charge in [-0.25, -0.2) is 0 Å². The third-order valence-electron chi connectivity index (χ3n) is 3.02. The minimum Gasteiger partial charge on any atom is -0.362 e. The van der Waals surface area contributed by atoms with Gasteiger partial charge >= 0.3 is 0 Å². The van der Waals surface area contributed by atoms with Gasteiger partial charge < -0.3 is 9.84 Å². The maximum absolute atomic E-state index is 5.14. The maximum Gasteiger partial charge on any atom is 0.186 e. The van der Waals surface area contributed by atoms with E-state index in [1.807, 2.05) is 44.4 Å². The normalized spacial score (nSPS) is 11.0. The maximum atomic E-state index is 5.14. The fourth-order valence-electron chi connectivity index (χ4n) is 2.09. The molecule has 0 saturated carbocycles. The molecule has 6 nitrogen and oxygen atoms in total. The lowest BCUT2D eigenvalue weighted by molar-refractivity contribution is 0.394. The van der Waals surface area contributed by atoms with Crippen molar-refractivity contribution < 1.29 is 4.52 Å². The molecule has 2 heterocycles. The van der Waals surface area contributed by atoms with E-state index in [0.29, 0.717) is 5.11 Å². The fourth-order valence-corrected chi connectivity index (χ4v) is 2.29. The zero-order valence-corrected chi connectivity index (χ0v) is 13.4. The molecule has 2 N–H and O–H groups in total. The van der Waals surface area contributed by atoms with Crippen LogP contribution in [0, 0.1) is 20.8 Å². The highest BCUT2D eigenvalue weighted by atomic mass is 32.1. The van der Waals surface area contributed by atoms with Gasteiger partial charge in [-0.2, -0.15) is 5.10 Å². The molecule has 0 radical (unpaired) electrons. The van der Waals surface area contributed by atoms with Gasteiger partial charge in [0.05, 0.1) is 6.21 Å². The van der Waals surface area contributed by atoms with Gasteiger partial charge in [-0.05, 0) is 46.0 Å². The first-order chi connectivity index (χ1) is 10.0. The van der Waals surface area contributed by atoms with Crippen LogP contribution in [0.2, 0.25) is 0 Å². The van der Waals surface area contributed by atoms with Gasteiger partial charge in [-0.3, -0.25) is 9.99 Å². The Morgan fingerprint density at radius 1 is 1.43 bits per heavy atom. The van der Waals surface area contributed by atoms with Crippen molar-refractivity contribution >= 4 is 23.5 Å². The van der Waals surface area contributed by atoms with Crippen molar-refractivity contribution in [2.24, 2.45) is 5.10 Å². The van der Waals surface area contributed by atoms with E-state index in [9.17, 15) is 0 Å². The SMILES string of the molecule is CCNC(=S)N/N=C\c1cc(C)n(-c2cc(C)on2)c1C. The van der Waals surface area contributed by atoms with E-state index in [4.69, 9.17) is 16.7 Å². The van der Waals surface area contributed by atoms with E-state index in [0.717, 1.165) is 35.1 Å². The molecule has 0 aliphatic rings. The molecule has 2 aromatic heterocycles. The molecule has 2 aromatic rings. The quantitative estimate of drug-likeness (QED) is 0.515. The second-order valence-corrected chi connectivity index (χ2v) is 5.10. The summed E-state index contributed by atoms with van der Waals surface area (Å²) in [4.78, 5) is 0. The van der Waals surface area contributed by atoms with Crippen molar-refractivity contribution in [2.45, 2.75) is 27.7 Å². The van der Waals surface area contributed by atoms with Crippen molar-refractivity contribution in [1.82, 2.24) is 20.5 Å². The van der Waals surface area contributed by atoms with Crippen molar-refractivity contribution in [3.63, 3.8) is 0 Å². The number of aromatic nitrogens is 2. The lowest BCUT2D eigenvalue weighted by Gasteiger charge is -2.04. The molecule has 2 rings (SSSR count). The van der Waals surface area contributed by atoms with Gasteiger partial charge in [0.1, 0.15) is 5.76 Å². The molecule has 21 heavy (non-hydrogen) atoms. The van der Waals surface area contributed by atoms with Crippen LogP contribution in [0.4, 0.5) is 0 Å². The number of rotatable bonds is 4. The van der Waals surface area contributed by atoms with Gasteiger partial charge in [0, 0.05) is 29.6 Å². The van der Waals surface area contributed by atoms with Crippen LogP contribution in [0.15, 0.2) is 21.8 Å². The summed E-state index contributed by atoms with van der Waals surface area (Å²) in [7, 11) is 0. The molecule has 112 valence electrons. The molecular formula is C14H19N5OS. The standard InChI is InChI=1S/C14H19N5OS/c1-5-15-14(21)17-16-8-12-6-9(2)19(11(12)4)13-7-10(3)20-18-13/h6-8H,5H2,1-4H3,(H2,15,17,21)/b16-8-. The number of hydrogen-bond donors (Lipinski definition) is 2. The van der Waals surface area contributed by atoms with Crippen molar-refractivity contribution in [1.29, 1.82) is 0 Å². The Labute approximate surface area is 129 Å². The number of thiocarbonyl (C=S) groups is 1. The summed E-state index contributed by atoms with van der Waals surface area (Å²) in [5, 5.41) is 11.7. The summed E-state index contributed by atoms with van der Waals surface area (Å²) in [6.07, 6.45) is 1.75. The molecule has 0 spiro atoms. The van der Waals surface area contributed by atoms with Gasteiger partial charge in [0.2, 0.25) is 0 Å². The fraction of sp³-hybridized carbons (Fsp3) is 0.357. The molecule has 0 aliphatic carbocycles. The number of hydrogen-bond acceptors (Lipinski definition) is 4. The summed E-state index contributed by atoms with van der Waals surface area (Å²) < 4.78 is 7.16. The smallest absolute Gasteiger partial charge is 0.186 e. The largest absolute Gasteiger partial charge is 0.362 e. The highest BCUT2D eigenvalue weighted by molar-refractivity contribution is 7.80. The Balaban J connectivity index is 2.19. The molecule has 0 aliphatic heterocycles. The number of nitrogens with one attached hydrogen (secondary N) is 2. The van der Waals surface area contributed by atoms with Crippen LogP contribution in [-0.4, -0.2) is 27.6 Å². The highest BCUT2D eigenvalue weighted by Gasteiger charge is 2.12. The van der Waals surface area contributed by atoms with Gasteiger partial charge in [-0.15, -0.1) is 0 Å². The molecule has 0 amide bonds. The van der Waals surface area contributed by atoms with Gasteiger partial charge in [0.15, 0.2) is 10.9 Å². The first kappa shape index (κ1) is 15.2. The lowest BCUT2D eigenvalue weighted by Crippen LogP contribution is -2.31. The molecule has 0 aromatic carbocycles. The first-order valence-corrected chi connectivity index (χ1v) is 7.13. The molecule has 7 heteroatoms. The Morgan fingerprint density at radius 2 is 2.19 bits per heavy atom. The Hall–Kier alpha value is -2.15. The number of hydrazone groups is 1. The molecule has 0 fully saturated rings. The second-order valence-electron chi connectivity index (χ2n) is 4.69. The lowest BCUT2D eigenvalue weighted by atomic mass is 10.3. The molecule has 0 saturated heterocycles. The zero-order chi connectivity index (χ0) is 15.4. The summed E-state index contributed by atoms with van der Waals surface area (Å²) in [5.41, 5.74) is 5.89. The van der Waals surface area contributed by atoms with E-state index < -0.39 is 0 Å². The molecule has 0 unspecified atom stereocenters. The average molecular weight is 305 g/mol. The van der Waals surface area contributed by atoms with Crippen LogP contribution in [0.25, 0.3) is 5.82 Å². The summed E-state index contributed by atoms with van der Waals surface area (Å²) in [6.45, 7) is 8.65. The number of nitrogens with zero attached hydrogens (tertiary/aromatic N) is 3. The van der Waals surface area contributed by atoms with Crippen molar-refractivity contribution in [3.8, 4) is 5.82 Å². The Morgan fingerprint density at radius 3 is 2.81 bits per heavy atom. The van der Waals surface area contributed by atoms with Crippen LogP contribution in [0.3, 0.4) is 0 Å². The Bertz CT molecular complexity index is 671. The monoisotopic (exact) mass is 305 g/mol. The minimum absolute atomic E-state index is 0.509. The van der Waals surface area contributed by atoms with E-state index in [2.05, 4.69) is 21.0 Å². The van der Waals surface area contributed by atoms with E-state index in [1.54, 1.807) is 6.21 Å². The van der Waals surface area contributed by atoms with E-state index in [-0.39, 0.29) is 0 Å². The van der Waals surface area contributed by atoms with Crippen LogP contribution < -0.4 is 10.7 Å². The van der Waals surface area contributed by atoms with Gasteiger partial charge in [0.25, 0.3) is 0 Å². The summed E-state index contributed by atoms with van der Waals surface area (Å²) in [5.74, 6) is 1.56. The molecular weight excluding hydrogens is 286 g/mol. The van der Waals surface area contributed by atoms with Crippen molar-refractivity contribution in [2.75, 3.05) is 6.54 Å². The second kappa shape index (κ2) is 6.53. The first-order valence-electron chi connectivity index (χ1n) is 6.72. The van der Waals surface area contributed by atoms with E-state index >= 15 is 0 Å². The average Bonchev–Trinajstić information content (AvgIpc) is 2.95. The Kier molecular flexibility index (Phi) is 4.74. The highest BCUT2D eigenvalue weighted by Crippen LogP contribution is 2.19. The van der Waals surface area contributed by atoms with E-state index in [1.165, 1.54) is 0 Å². The zero-order valence-electron chi connectivity index (χ0n) is 12.6. The van der Waals surface area contributed by atoms with Crippen LogP contribution in [0.1, 0.15) is 29.6 Å². The van der Waals surface area contributed by atoms with Crippen molar-refractivity contribution in [3.05, 3.63) is 34.8 Å². The molecule has 0 bridgehead atoms. The third-order valence-corrected chi connectivity index (χ3v) is 3.26. The van der Waals surface area contributed by atoms with Gasteiger partial charge in [-0.1, -0.05) is 5.16 Å². The third kappa shape index (κ3) is 3.49. The predicted octanol–water partition coefficient (Wildman–Crippen LogP) is 2.21. The summed E-state index contributed by atoms with van der Waals surface area (Å²) in [6, 6.07) is 3.94. The van der Waals surface area contributed by atoms with Crippen LogP contribution in [-0.2, 0) is 0 Å².